The number of aryl methyl sites for hydroxylation is 1. The highest BCUT2D eigenvalue weighted by Gasteiger charge is 2.45. The Morgan fingerprint density at radius 1 is 1.32 bits per heavy atom. The van der Waals surface area contributed by atoms with Crippen LogP contribution in [0, 0.1) is 16.0 Å². The molecule has 1 aliphatic heterocycles. The van der Waals surface area contributed by atoms with Gasteiger partial charge in [0.15, 0.2) is 0 Å². The summed E-state index contributed by atoms with van der Waals surface area (Å²) in [7, 11) is 1.63. The Hall–Kier alpha value is -3.22. The number of hydrogen-bond acceptors (Lipinski definition) is 5. The number of hydrazone groups is 1. The summed E-state index contributed by atoms with van der Waals surface area (Å²) in [5.74, 6) is 0.574. The number of hydrogen-bond donors (Lipinski definition) is 0. The van der Waals surface area contributed by atoms with Gasteiger partial charge in [0.2, 0.25) is 5.91 Å². The van der Waals surface area contributed by atoms with Gasteiger partial charge in [0, 0.05) is 24.0 Å². The maximum absolute atomic E-state index is 12.7. The molecule has 1 aliphatic carbocycles. The minimum atomic E-state index is -0.459. The normalized spacial score (nSPS) is 20.2. The average molecular weight is 379 g/mol. The second kappa shape index (κ2) is 7.07. The second-order valence-electron chi connectivity index (χ2n) is 7.01. The SMILES string of the molecule is CCC(=O)N1N=C2c3ccc(OC)cc3CC[C@@H]2[C@@H]1c1ccccc1[N+](=O)[O-]. The number of carbonyl (C=O) groups excluding carboxylic acids is 1. The maximum Gasteiger partial charge on any atom is 0.274 e. The van der Waals surface area contributed by atoms with Crippen LogP contribution in [-0.4, -0.2) is 28.7 Å². The van der Waals surface area contributed by atoms with Crippen LogP contribution in [0.2, 0.25) is 0 Å². The van der Waals surface area contributed by atoms with Crippen LogP contribution in [0.1, 0.15) is 42.5 Å². The largest absolute Gasteiger partial charge is 0.497 e. The molecule has 144 valence electrons. The van der Waals surface area contributed by atoms with E-state index in [0.29, 0.717) is 5.56 Å². The van der Waals surface area contributed by atoms with Crippen molar-refractivity contribution in [2.75, 3.05) is 7.11 Å². The lowest BCUT2D eigenvalue weighted by Gasteiger charge is -2.29. The van der Waals surface area contributed by atoms with Crippen molar-refractivity contribution < 1.29 is 14.5 Å². The molecule has 0 spiro atoms. The summed E-state index contributed by atoms with van der Waals surface area (Å²) in [5, 5.41) is 17.7. The number of methoxy groups -OCH3 is 1. The minimum absolute atomic E-state index is 0.0263. The van der Waals surface area contributed by atoms with Gasteiger partial charge in [0.25, 0.3) is 5.69 Å². The van der Waals surface area contributed by atoms with Crippen LogP contribution in [-0.2, 0) is 11.2 Å². The highest BCUT2D eigenvalue weighted by molar-refractivity contribution is 6.07. The van der Waals surface area contributed by atoms with E-state index < -0.39 is 6.04 Å². The molecule has 0 saturated carbocycles. The maximum atomic E-state index is 12.7. The lowest BCUT2D eigenvalue weighted by atomic mass is 9.77. The molecule has 0 saturated heterocycles. The van der Waals surface area contributed by atoms with Crippen molar-refractivity contribution in [3.05, 3.63) is 69.3 Å². The zero-order valence-electron chi connectivity index (χ0n) is 15.8. The number of para-hydroxylation sites is 1. The van der Waals surface area contributed by atoms with Crippen LogP contribution in [0.5, 0.6) is 5.75 Å². The van der Waals surface area contributed by atoms with Crippen LogP contribution in [0.3, 0.4) is 0 Å². The average Bonchev–Trinajstić information content (AvgIpc) is 3.12. The van der Waals surface area contributed by atoms with E-state index in [9.17, 15) is 14.9 Å². The van der Waals surface area contributed by atoms with Crippen molar-refractivity contribution in [3.63, 3.8) is 0 Å². The summed E-state index contributed by atoms with van der Waals surface area (Å²) in [5.41, 5.74) is 3.51. The third-order valence-electron chi connectivity index (χ3n) is 5.53. The number of nitro benzene ring substituents is 1. The molecule has 2 aromatic carbocycles. The van der Waals surface area contributed by atoms with Crippen molar-refractivity contribution in [3.8, 4) is 5.75 Å². The van der Waals surface area contributed by atoms with Crippen molar-refractivity contribution >= 4 is 17.3 Å². The lowest BCUT2D eigenvalue weighted by Crippen LogP contribution is -2.32. The van der Waals surface area contributed by atoms with Gasteiger partial charge in [-0.1, -0.05) is 19.1 Å². The Bertz CT molecular complexity index is 985. The van der Waals surface area contributed by atoms with Gasteiger partial charge in [-0.15, -0.1) is 0 Å². The first-order valence-electron chi connectivity index (χ1n) is 9.36. The van der Waals surface area contributed by atoms with Gasteiger partial charge in [-0.2, -0.15) is 5.10 Å². The number of ether oxygens (including phenoxy) is 1. The molecule has 1 heterocycles. The summed E-state index contributed by atoms with van der Waals surface area (Å²) in [4.78, 5) is 23.9. The van der Waals surface area contributed by atoms with Crippen LogP contribution < -0.4 is 4.74 Å². The molecule has 0 bridgehead atoms. The molecule has 7 heteroatoms. The van der Waals surface area contributed by atoms with Crippen LogP contribution in [0.15, 0.2) is 47.6 Å². The smallest absolute Gasteiger partial charge is 0.274 e. The number of benzene rings is 2. The summed E-state index contributed by atoms with van der Waals surface area (Å²) in [6.45, 7) is 1.78. The fraction of sp³-hybridized carbons (Fsp3) is 0.333. The number of amides is 1. The lowest BCUT2D eigenvalue weighted by molar-refractivity contribution is -0.386. The van der Waals surface area contributed by atoms with Gasteiger partial charge < -0.3 is 4.74 Å². The summed E-state index contributed by atoms with van der Waals surface area (Å²) in [6.07, 6.45) is 1.86. The van der Waals surface area contributed by atoms with E-state index >= 15 is 0 Å². The molecule has 0 N–H and O–H groups in total. The van der Waals surface area contributed by atoms with E-state index in [1.807, 2.05) is 18.2 Å². The third kappa shape index (κ3) is 2.83. The molecule has 0 radical (unpaired) electrons. The molecule has 2 atom stereocenters. The Labute approximate surface area is 162 Å². The zero-order valence-corrected chi connectivity index (χ0v) is 15.8. The van der Waals surface area contributed by atoms with E-state index in [4.69, 9.17) is 4.74 Å². The third-order valence-corrected chi connectivity index (χ3v) is 5.53. The Kier molecular flexibility index (Phi) is 4.58. The first-order chi connectivity index (χ1) is 13.5. The van der Waals surface area contributed by atoms with Crippen molar-refractivity contribution in [1.82, 2.24) is 5.01 Å². The van der Waals surface area contributed by atoms with E-state index in [2.05, 4.69) is 5.10 Å². The Morgan fingerprint density at radius 3 is 2.82 bits per heavy atom. The van der Waals surface area contributed by atoms with Crippen LogP contribution in [0.4, 0.5) is 5.69 Å². The number of rotatable bonds is 4. The minimum Gasteiger partial charge on any atom is -0.497 e. The highest BCUT2D eigenvalue weighted by Crippen LogP contribution is 2.46. The standard InChI is InChI=1S/C21H21N3O4/c1-3-19(25)23-21(16-6-4-5-7-18(16)24(26)27)17-10-8-13-12-14(28-2)9-11-15(13)20(17)22-23/h4-7,9,11-12,17,21H,3,8,10H2,1-2H3/t17-,21-/m0/s1. The fourth-order valence-corrected chi connectivity index (χ4v) is 4.21. The van der Waals surface area contributed by atoms with Gasteiger partial charge in [-0.3, -0.25) is 14.9 Å². The number of carbonyl (C=O) groups is 1. The van der Waals surface area contributed by atoms with Gasteiger partial charge in [-0.25, -0.2) is 5.01 Å². The molecule has 0 fully saturated rings. The highest BCUT2D eigenvalue weighted by atomic mass is 16.6. The van der Waals surface area contributed by atoms with E-state index in [0.717, 1.165) is 35.4 Å². The number of fused-ring (bicyclic) bond motifs is 3. The zero-order chi connectivity index (χ0) is 19.8. The predicted octanol–water partition coefficient (Wildman–Crippen LogP) is 3.86. The molecule has 1 amide bonds. The summed E-state index contributed by atoms with van der Waals surface area (Å²) >= 11 is 0. The molecule has 2 aliphatic rings. The van der Waals surface area contributed by atoms with Crippen LogP contribution >= 0.6 is 0 Å². The van der Waals surface area contributed by atoms with E-state index in [1.54, 1.807) is 32.2 Å². The molecule has 2 aromatic rings. The molecular formula is C21H21N3O4. The topological polar surface area (TPSA) is 85.0 Å². The molecule has 4 rings (SSSR count). The monoisotopic (exact) mass is 379 g/mol. The first kappa shape index (κ1) is 18.2. The van der Waals surface area contributed by atoms with Gasteiger partial charge in [-0.05, 0) is 42.7 Å². The molecule has 0 aromatic heterocycles. The first-order valence-corrected chi connectivity index (χ1v) is 9.36. The van der Waals surface area contributed by atoms with Crippen molar-refractivity contribution in [2.24, 2.45) is 11.0 Å². The summed E-state index contributed by atoms with van der Waals surface area (Å²) < 4.78 is 5.32. The predicted molar refractivity (Wildman–Crippen MR) is 104 cm³/mol. The Balaban J connectivity index is 1.83. The Morgan fingerprint density at radius 2 is 2.11 bits per heavy atom. The van der Waals surface area contributed by atoms with Crippen molar-refractivity contribution in [2.45, 2.75) is 32.2 Å². The molecule has 0 unspecified atom stereocenters. The number of nitrogens with zero attached hydrogens (tertiary/aromatic N) is 3. The van der Waals surface area contributed by atoms with Gasteiger partial charge in [0.1, 0.15) is 5.75 Å². The van der Waals surface area contributed by atoms with Gasteiger partial charge >= 0.3 is 0 Å². The van der Waals surface area contributed by atoms with E-state index in [1.165, 1.54) is 11.1 Å². The summed E-state index contributed by atoms with van der Waals surface area (Å²) in [6, 6.07) is 12.0. The molecule has 28 heavy (non-hydrogen) atoms. The van der Waals surface area contributed by atoms with E-state index in [-0.39, 0.29) is 28.9 Å². The molecule has 7 nitrogen and oxygen atoms in total. The van der Waals surface area contributed by atoms with Crippen molar-refractivity contribution in [1.29, 1.82) is 0 Å². The quantitative estimate of drug-likeness (QED) is 0.596. The molecular weight excluding hydrogens is 358 g/mol. The van der Waals surface area contributed by atoms with Crippen LogP contribution in [0.25, 0.3) is 0 Å². The second-order valence-corrected chi connectivity index (χ2v) is 7.01. The fourth-order valence-electron chi connectivity index (χ4n) is 4.21. The van der Waals surface area contributed by atoms with Gasteiger partial charge in [0.05, 0.1) is 29.4 Å². The number of nitro groups is 1.